The molecule has 0 radical (unpaired) electrons. The molecule has 0 bridgehead atoms. The second-order valence-corrected chi connectivity index (χ2v) is 11.2. The van der Waals surface area contributed by atoms with Gasteiger partial charge in [-0.1, -0.05) is 96.3 Å². The molecule has 0 saturated carbocycles. The Balaban J connectivity index is 1.18. The number of nitrogens with zero attached hydrogens (tertiary/aromatic N) is 4. The second kappa shape index (κ2) is 13.9. The van der Waals surface area contributed by atoms with Crippen molar-refractivity contribution in [3.8, 4) is 22.5 Å². The van der Waals surface area contributed by atoms with E-state index in [1.54, 1.807) is 24.3 Å². The van der Waals surface area contributed by atoms with Gasteiger partial charge in [0.15, 0.2) is 10.3 Å². The van der Waals surface area contributed by atoms with Crippen molar-refractivity contribution >= 4 is 46.7 Å². The first-order valence-electron chi connectivity index (χ1n) is 13.2. The van der Waals surface area contributed by atoms with Crippen LogP contribution in [0.4, 0.5) is 11.4 Å². The van der Waals surface area contributed by atoms with Crippen molar-refractivity contribution in [2.45, 2.75) is 24.2 Å². The summed E-state index contributed by atoms with van der Waals surface area (Å²) in [5.74, 6) is -0.234. The molecule has 2 aromatic heterocycles. The molecule has 0 aliphatic carbocycles. The van der Waals surface area contributed by atoms with Crippen LogP contribution in [-0.2, 0) is 9.59 Å². The number of carbonyl (C=O) groups is 2. The average molecular weight is 593 g/mol. The van der Waals surface area contributed by atoms with E-state index < -0.39 is 0 Å². The maximum Gasteiger partial charge on any atom is 0.234 e. The minimum Gasteiger partial charge on any atom is -0.324 e. The molecule has 210 valence electrons. The summed E-state index contributed by atoms with van der Waals surface area (Å²) in [4.78, 5) is 43.8. The molecule has 5 rings (SSSR count). The first kappa shape index (κ1) is 29.0. The molecule has 8 nitrogen and oxygen atoms in total. The van der Waals surface area contributed by atoms with E-state index >= 15 is 0 Å². The minimum atomic E-state index is -0.232. The van der Waals surface area contributed by atoms with E-state index in [9.17, 15) is 9.59 Å². The Labute approximate surface area is 252 Å². The smallest absolute Gasteiger partial charge is 0.234 e. The highest BCUT2D eigenvalue weighted by Crippen LogP contribution is 2.25. The lowest BCUT2D eigenvalue weighted by Crippen LogP contribution is -2.19. The quantitative estimate of drug-likeness (QED) is 0.137. The predicted octanol–water partition coefficient (Wildman–Crippen LogP) is 6.68. The summed E-state index contributed by atoms with van der Waals surface area (Å²) in [7, 11) is 0. The summed E-state index contributed by atoms with van der Waals surface area (Å²) in [6.07, 6.45) is 0. The van der Waals surface area contributed by atoms with Crippen molar-refractivity contribution in [3.05, 3.63) is 108 Å². The molecule has 42 heavy (non-hydrogen) atoms. The lowest BCUT2D eigenvalue weighted by Gasteiger charge is -2.12. The van der Waals surface area contributed by atoms with Crippen molar-refractivity contribution in [3.63, 3.8) is 0 Å². The van der Waals surface area contributed by atoms with Gasteiger partial charge in [0.1, 0.15) is 0 Å². The molecule has 0 saturated heterocycles. The van der Waals surface area contributed by atoms with Crippen LogP contribution in [0.3, 0.4) is 0 Å². The van der Waals surface area contributed by atoms with Gasteiger partial charge < -0.3 is 10.6 Å². The Hall–Kier alpha value is -4.54. The normalized spacial score (nSPS) is 10.7. The fraction of sp³-hybridized carbons (Fsp3) is 0.125. The molecule has 0 aliphatic heterocycles. The third kappa shape index (κ3) is 8.02. The van der Waals surface area contributed by atoms with Gasteiger partial charge in [0.05, 0.1) is 34.3 Å². The van der Waals surface area contributed by atoms with Crippen LogP contribution in [0.2, 0.25) is 0 Å². The second-order valence-electron chi connectivity index (χ2n) is 9.31. The number of para-hydroxylation sites is 2. The molecule has 0 unspecified atom stereocenters. The fourth-order valence-electron chi connectivity index (χ4n) is 4.06. The number of benzene rings is 3. The van der Waals surface area contributed by atoms with E-state index in [-0.39, 0.29) is 23.3 Å². The molecule has 5 aromatic rings. The Bertz CT molecular complexity index is 1570. The van der Waals surface area contributed by atoms with Crippen LogP contribution in [0.1, 0.15) is 11.4 Å². The van der Waals surface area contributed by atoms with Crippen LogP contribution in [0.25, 0.3) is 22.5 Å². The number of aromatic nitrogens is 4. The zero-order valence-electron chi connectivity index (χ0n) is 23.1. The third-order valence-electron chi connectivity index (χ3n) is 5.95. The van der Waals surface area contributed by atoms with Gasteiger partial charge in [0.2, 0.25) is 11.8 Å². The van der Waals surface area contributed by atoms with Crippen molar-refractivity contribution in [2.24, 2.45) is 0 Å². The Morgan fingerprint density at radius 3 is 1.36 bits per heavy atom. The van der Waals surface area contributed by atoms with Crippen LogP contribution in [0.5, 0.6) is 0 Å². The summed E-state index contributed by atoms with van der Waals surface area (Å²) in [5.41, 5.74) is 6.26. The van der Waals surface area contributed by atoms with E-state index in [1.165, 1.54) is 23.5 Å². The number of hydrogen-bond acceptors (Lipinski definition) is 8. The van der Waals surface area contributed by atoms with Crippen LogP contribution in [0, 0.1) is 13.8 Å². The molecular formula is C32H28N6O2S2. The Morgan fingerprint density at radius 1 is 0.571 bits per heavy atom. The lowest BCUT2D eigenvalue weighted by molar-refractivity contribution is -0.114. The van der Waals surface area contributed by atoms with Gasteiger partial charge in [-0.05, 0) is 38.1 Å². The number of hydrogen-bond donors (Lipinski definition) is 2. The molecule has 2 amide bonds. The van der Waals surface area contributed by atoms with E-state index in [0.717, 1.165) is 33.9 Å². The molecule has 0 fully saturated rings. The summed E-state index contributed by atoms with van der Waals surface area (Å²) in [6, 6.07) is 30.6. The maximum atomic E-state index is 12.8. The van der Waals surface area contributed by atoms with Crippen molar-refractivity contribution in [2.75, 3.05) is 22.1 Å². The molecule has 10 heteroatoms. The van der Waals surface area contributed by atoms with Crippen molar-refractivity contribution < 1.29 is 9.59 Å². The minimum absolute atomic E-state index is 0.115. The number of aryl methyl sites for hydroxylation is 2. The molecule has 3 aromatic carbocycles. The van der Waals surface area contributed by atoms with Crippen LogP contribution in [-0.4, -0.2) is 43.3 Å². The average Bonchev–Trinajstić information content (AvgIpc) is 3.00. The standard InChI is InChI=1S/C32H28N6O2S2/c1-21-17-27(23-11-5-3-6-12-23)37-31(33-21)41-19-29(39)35-25-15-9-10-16-26(25)36-30(40)20-42-32-34-22(2)18-28(38-32)24-13-7-4-8-14-24/h3-18H,19-20H2,1-2H3,(H,35,39)(H,36,40). The number of anilines is 2. The zero-order chi connectivity index (χ0) is 29.3. The van der Waals surface area contributed by atoms with Crippen LogP contribution in [0.15, 0.2) is 107 Å². The molecule has 0 atom stereocenters. The number of thioether (sulfide) groups is 2. The van der Waals surface area contributed by atoms with Gasteiger partial charge in [-0.2, -0.15) is 0 Å². The highest BCUT2D eigenvalue weighted by atomic mass is 32.2. The first-order valence-corrected chi connectivity index (χ1v) is 15.2. The number of carbonyl (C=O) groups excluding carboxylic acids is 2. The molecule has 2 heterocycles. The molecule has 0 aliphatic rings. The van der Waals surface area contributed by atoms with E-state index in [0.29, 0.717) is 21.7 Å². The topological polar surface area (TPSA) is 110 Å². The molecular weight excluding hydrogens is 565 g/mol. The van der Waals surface area contributed by atoms with Gasteiger partial charge in [-0.15, -0.1) is 0 Å². The van der Waals surface area contributed by atoms with Gasteiger partial charge in [-0.25, -0.2) is 19.9 Å². The predicted molar refractivity (Wildman–Crippen MR) is 170 cm³/mol. The molecule has 0 spiro atoms. The Kier molecular flexibility index (Phi) is 9.58. The Morgan fingerprint density at radius 2 is 0.952 bits per heavy atom. The van der Waals surface area contributed by atoms with Crippen molar-refractivity contribution in [1.82, 2.24) is 19.9 Å². The van der Waals surface area contributed by atoms with E-state index in [2.05, 4.69) is 30.6 Å². The lowest BCUT2D eigenvalue weighted by atomic mass is 10.1. The summed E-state index contributed by atoms with van der Waals surface area (Å²) in [6.45, 7) is 3.81. The molecule has 2 N–H and O–H groups in total. The third-order valence-corrected chi connectivity index (χ3v) is 7.64. The highest BCUT2D eigenvalue weighted by Gasteiger charge is 2.13. The number of rotatable bonds is 10. The van der Waals surface area contributed by atoms with Gasteiger partial charge >= 0.3 is 0 Å². The van der Waals surface area contributed by atoms with Gasteiger partial charge in [0.25, 0.3) is 0 Å². The SMILES string of the molecule is Cc1cc(-c2ccccc2)nc(SCC(=O)Nc2ccccc2NC(=O)CSc2nc(C)cc(-c3ccccc3)n2)n1. The zero-order valence-corrected chi connectivity index (χ0v) is 24.7. The highest BCUT2D eigenvalue weighted by molar-refractivity contribution is 8.00. The van der Waals surface area contributed by atoms with Gasteiger partial charge in [0, 0.05) is 22.5 Å². The number of nitrogens with one attached hydrogen (secondary N) is 2. The van der Waals surface area contributed by atoms with Crippen LogP contribution >= 0.6 is 23.5 Å². The van der Waals surface area contributed by atoms with Crippen molar-refractivity contribution in [1.29, 1.82) is 0 Å². The van der Waals surface area contributed by atoms with E-state index in [1.807, 2.05) is 86.6 Å². The van der Waals surface area contributed by atoms with Crippen LogP contribution < -0.4 is 10.6 Å². The van der Waals surface area contributed by atoms with E-state index in [4.69, 9.17) is 0 Å². The summed E-state index contributed by atoms with van der Waals surface area (Å²) >= 11 is 2.52. The maximum absolute atomic E-state index is 12.8. The summed E-state index contributed by atoms with van der Waals surface area (Å²) < 4.78 is 0. The largest absolute Gasteiger partial charge is 0.324 e. The fourth-order valence-corrected chi connectivity index (χ4v) is 5.47. The summed E-state index contributed by atoms with van der Waals surface area (Å²) in [5, 5.41) is 6.83. The monoisotopic (exact) mass is 592 g/mol. The first-order chi connectivity index (χ1) is 20.4. The van der Waals surface area contributed by atoms with Gasteiger partial charge in [-0.3, -0.25) is 9.59 Å². The number of amides is 2.